The van der Waals surface area contributed by atoms with Crippen LogP contribution in [0.25, 0.3) is 27.0 Å². The van der Waals surface area contributed by atoms with E-state index in [1.165, 1.54) is 30.4 Å². The predicted octanol–water partition coefficient (Wildman–Crippen LogP) is 5.90. The standard InChI is InChI=1S/C25H20F3N5O2S/c1-14(34)30-24-33-22-19(3-2-4-20(22)36-24)35-21-13-18(15-5-7-17(8-6-15)25(26,27)28)31-23(32-21)16-9-11-29-12-10-16/h2-9,13,29H,10-12H2,1H3,(H,30,33,34). The monoisotopic (exact) mass is 511 g/mol. The van der Waals surface area contributed by atoms with E-state index in [0.29, 0.717) is 46.4 Å². The number of para-hydroxylation sites is 1. The van der Waals surface area contributed by atoms with Crippen molar-refractivity contribution in [3.63, 3.8) is 0 Å². The molecule has 0 aliphatic carbocycles. The van der Waals surface area contributed by atoms with Gasteiger partial charge in [0, 0.05) is 25.1 Å². The van der Waals surface area contributed by atoms with Gasteiger partial charge in [-0.05, 0) is 42.8 Å². The van der Waals surface area contributed by atoms with Gasteiger partial charge in [0.15, 0.2) is 16.7 Å². The molecule has 0 atom stereocenters. The van der Waals surface area contributed by atoms with Crippen molar-refractivity contribution >= 4 is 38.2 Å². The number of halogens is 3. The lowest BCUT2D eigenvalue weighted by atomic mass is 10.1. The van der Waals surface area contributed by atoms with Crippen LogP contribution in [-0.2, 0) is 11.0 Å². The third kappa shape index (κ3) is 5.21. The van der Waals surface area contributed by atoms with Gasteiger partial charge >= 0.3 is 6.18 Å². The van der Waals surface area contributed by atoms with Gasteiger partial charge in [-0.25, -0.2) is 9.97 Å². The third-order valence-corrected chi connectivity index (χ3v) is 6.38. The van der Waals surface area contributed by atoms with Gasteiger partial charge in [0.05, 0.1) is 16.0 Å². The van der Waals surface area contributed by atoms with E-state index in [9.17, 15) is 18.0 Å². The number of nitrogens with zero attached hydrogens (tertiary/aromatic N) is 3. The molecule has 11 heteroatoms. The van der Waals surface area contributed by atoms with Gasteiger partial charge < -0.3 is 15.4 Å². The fourth-order valence-corrected chi connectivity index (χ4v) is 4.68. The molecule has 0 spiro atoms. The van der Waals surface area contributed by atoms with Crippen LogP contribution in [0.3, 0.4) is 0 Å². The number of hydrogen-bond acceptors (Lipinski definition) is 7. The average Bonchev–Trinajstić information content (AvgIpc) is 3.27. The first-order chi connectivity index (χ1) is 17.3. The number of hydrogen-bond donors (Lipinski definition) is 2. The summed E-state index contributed by atoms with van der Waals surface area (Å²) >= 11 is 1.32. The van der Waals surface area contributed by atoms with Crippen molar-refractivity contribution in [3.05, 3.63) is 66.0 Å². The topological polar surface area (TPSA) is 89.0 Å². The first-order valence-electron chi connectivity index (χ1n) is 11.1. The number of anilines is 1. The van der Waals surface area contributed by atoms with Gasteiger partial charge in [0.25, 0.3) is 0 Å². The summed E-state index contributed by atoms with van der Waals surface area (Å²) < 4.78 is 46.1. The Balaban J connectivity index is 1.55. The van der Waals surface area contributed by atoms with Crippen LogP contribution in [0.2, 0.25) is 0 Å². The molecule has 2 N–H and O–H groups in total. The molecule has 0 bridgehead atoms. The molecule has 0 saturated heterocycles. The molecule has 184 valence electrons. The Bertz CT molecular complexity index is 1470. The number of nitrogens with one attached hydrogen (secondary N) is 2. The Morgan fingerprint density at radius 2 is 1.92 bits per heavy atom. The minimum Gasteiger partial charge on any atom is -0.437 e. The van der Waals surface area contributed by atoms with E-state index in [-0.39, 0.29) is 11.8 Å². The molecule has 3 heterocycles. The number of fused-ring (bicyclic) bond motifs is 1. The van der Waals surface area contributed by atoms with Gasteiger partial charge in [-0.15, -0.1) is 0 Å². The van der Waals surface area contributed by atoms with Crippen molar-refractivity contribution < 1.29 is 22.7 Å². The molecule has 36 heavy (non-hydrogen) atoms. The van der Waals surface area contributed by atoms with Crippen LogP contribution in [0, 0.1) is 0 Å². The largest absolute Gasteiger partial charge is 0.437 e. The highest BCUT2D eigenvalue weighted by Crippen LogP contribution is 2.36. The number of thiazole rings is 1. The number of carbonyl (C=O) groups excluding carboxylic acids is 1. The zero-order valence-electron chi connectivity index (χ0n) is 19.0. The molecular formula is C25H20F3N5O2S. The third-order valence-electron chi connectivity index (χ3n) is 5.44. The van der Waals surface area contributed by atoms with Crippen LogP contribution in [-0.4, -0.2) is 33.9 Å². The molecule has 0 saturated carbocycles. The van der Waals surface area contributed by atoms with Gasteiger partial charge in [-0.2, -0.15) is 18.2 Å². The van der Waals surface area contributed by atoms with Gasteiger partial charge in [0.2, 0.25) is 11.8 Å². The van der Waals surface area contributed by atoms with Gasteiger partial charge in [-0.3, -0.25) is 4.79 Å². The minimum atomic E-state index is -4.42. The molecule has 2 aromatic heterocycles. The first-order valence-corrected chi connectivity index (χ1v) is 11.9. The number of ether oxygens (including phenoxy) is 1. The number of alkyl halides is 3. The van der Waals surface area contributed by atoms with E-state index in [2.05, 4.69) is 25.6 Å². The number of benzene rings is 2. The number of aromatic nitrogens is 3. The van der Waals surface area contributed by atoms with Crippen LogP contribution in [0.1, 0.15) is 24.7 Å². The first kappa shape index (κ1) is 23.9. The fraction of sp³-hybridized carbons (Fsp3) is 0.200. The van der Waals surface area contributed by atoms with E-state index in [1.54, 1.807) is 12.1 Å². The van der Waals surface area contributed by atoms with Crippen LogP contribution in [0.15, 0.2) is 54.6 Å². The Labute approximate surface area is 208 Å². The second-order valence-corrected chi connectivity index (χ2v) is 9.11. The molecule has 2 aromatic carbocycles. The van der Waals surface area contributed by atoms with Crippen LogP contribution in [0.5, 0.6) is 11.6 Å². The van der Waals surface area contributed by atoms with E-state index < -0.39 is 11.7 Å². The molecule has 4 aromatic rings. The number of amides is 1. The molecule has 0 radical (unpaired) electrons. The summed E-state index contributed by atoms with van der Waals surface area (Å²) in [4.78, 5) is 25.1. The van der Waals surface area contributed by atoms with Crippen molar-refractivity contribution in [1.82, 2.24) is 20.3 Å². The predicted molar refractivity (Wildman–Crippen MR) is 132 cm³/mol. The summed E-state index contributed by atoms with van der Waals surface area (Å²) in [5.74, 6) is 0.889. The number of rotatable bonds is 5. The fourth-order valence-electron chi connectivity index (χ4n) is 3.75. The highest BCUT2D eigenvalue weighted by atomic mass is 32.1. The summed E-state index contributed by atoms with van der Waals surface area (Å²) in [6, 6.07) is 11.8. The maximum Gasteiger partial charge on any atom is 0.416 e. The normalized spacial score (nSPS) is 13.9. The number of carbonyl (C=O) groups is 1. The Morgan fingerprint density at radius 1 is 1.11 bits per heavy atom. The Morgan fingerprint density at radius 3 is 2.61 bits per heavy atom. The van der Waals surface area contributed by atoms with Crippen molar-refractivity contribution in [3.8, 4) is 22.9 Å². The zero-order chi connectivity index (χ0) is 25.3. The minimum absolute atomic E-state index is 0.228. The van der Waals surface area contributed by atoms with E-state index in [4.69, 9.17) is 4.74 Å². The highest BCUT2D eigenvalue weighted by molar-refractivity contribution is 7.22. The summed E-state index contributed by atoms with van der Waals surface area (Å²) in [5, 5.41) is 6.36. The van der Waals surface area contributed by atoms with Crippen molar-refractivity contribution in [1.29, 1.82) is 0 Å². The second-order valence-electron chi connectivity index (χ2n) is 8.08. The highest BCUT2D eigenvalue weighted by Gasteiger charge is 2.30. The molecule has 5 rings (SSSR count). The van der Waals surface area contributed by atoms with E-state index in [1.807, 2.05) is 18.2 Å². The Hall–Kier alpha value is -3.83. The lowest BCUT2D eigenvalue weighted by molar-refractivity contribution is -0.137. The molecule has 7 nitrogen and oxygen atoms in total. The van der Waals surface area contributed by atoms with Crippen LogP contribution >= 0.6 is 11.3 Å². The van der Waals surface area contributed by atoms with Crippen molar-refractivity contribution in [2.24, 2.45) is 0 Å². The van der Waals surface area contributed by atoms with Crippen molar-refractivity contribution in [2.75, 3.05) is 18.4 Å². The van der Waals surface area contributed by atoms with E-state index >= 15 is 0 Å². The Kier molecular flexibility index (Phi) is 6.42. The van der Waals surface area contributed by atoms with Crippen LogP contribution in [0.4, 0.5) is 18.3 Å². The molecule has 0 unspecified atom stereocenters. The zero-order valence-corrected chi connectivity index (χ0v) is 19.8. The summed E-state index contributed by atoms with van der Waals surface area (Å²) in [7, 11) is 0. The molecule has 1 amide bonds. The van der Waals surface area contributed by atoms with E-state index in [0.717, 1.165) is 29.0 Å². The van der Waals surface area contributed by atoms with Gasteiger partial charge in [0.1, 0.15) is 5.52 Å². The smallest absolute Gasteiger partial charge is 0.416 e. The molecule has 1 aliphatic heterocycles. The van der Waals surface area contributed by atoms with Crippen LogP contribution < -0.4 is 15.4 Å². The van der Waals surface area contributed by atoms with Crippen molar-refractivity contribution in [2.45, 2.75) is 19.5 Å². The lowest BCUT2D eigenvalue weighted by Crippen LogP contribution is -2.20. The quantitative estimate of drug-likeness (QED) is 0.347. The SMILES string of the molecule is CC(=O)Nc1nc2c(Oc3cc(-c4ccc(C(F)(F)F)cc4)nc(C4=CCNCC4)n3)cccc2s1. The molecule has 0 fully saturated rings. The summed E-state index contributed by atoms with van der Waals surface area (Å²) in [6.07, 6.45) is -1.73. The maximum absolute atomic E-state index is 13.0. The molecule has 1 aliphatic rings. The second kappa shape index (κ2) is 9.67. The average molecular weight is 512 g/mol. The molecular weight excluding hydrogens is 491 g/mol. The van der Waals surface area contributed by atoms with Gasteiger partial charge in [-0.1, -0.05) is 35.6 Å². The summed E-state index contributed by atoms with van der Waals surface area (Å²) in [5.41, 5.74) is 1.69. The summed E-state index contributed by atoms with van der Waals surface area (Å²) in [6.45, 7) is 2.84. The maximum atomic E-state index is 13.0. The lowest BCUT2D eigenvalue weighted by Gasteiger charge is -2.15.